The van der Waals surface area contributed by atoms with Gasteiger partial charge in [-0.15, -0.1) is 6.58 Å². The normalized spacial score (nSPS) is 11.4. The Bertz CT molecular complexity index is 408. The second-order valence-corrected chi connectivity index (χ2v) is 4.54. The Morgan fingerprint density at radius 2 is 2.42 bits per heavy atom. The Balaban J connectivity index is 2.56. The average molecular weight is 263 g/mol. The van der Waals surface area contributed by atoms with E-state index < -0.39 is 0 Å². The van der Waals surface area contributed by atoms with E-state index in [-0.39, 0.29) is 0 Å². The summed E-state index contributed by atoms with van der Waals surface area (Å²) in [5, 5.41) is 7.46. The van der Waals surface area contributed by atoms with Crippen molar-refractivity contribution in [2.75, 3.05) is 20.1 Å². The molecule has 5 nitrogen and oxygen atoms in total. The van der Waals surface area contributed by atoms with Crippen LogP contribution in [0, 0.1) is 0 Å². The van der Waals surface area contributed by atoms with E-state index in [9.17, 15) is 0 Å². The molecule has 0 aliphatic carbocycles. The van der Waals surface area contributed by atoms with E-state index >= 15 is 0 Å². The van der Waals surface area contributed by atoms with Gasteiger partial charge < -0.3 is 10.2 Å². The Labute approximate surface area is 116 Å². The molecule has 0 amide bonds. The summed E-state index contributed by atoms with van der Waals surface area (Å²) in [6.45, 7) is 8.33. The SMILES string of the molecule is C=CCCCN(C)C(=NCc1cnn(C)c1)NCC. The molecule has 1 aromatic heterocycles. The fourth-order valence-electron chi connectivity index (χ4n) is 1.77. The van der Waals surface area contributed by atoms with E-state index in [1.807, 2.05) is 25.5 Å². The lowest BCUT2D eigenvalue weighted by Gasteiger charge is -2.21. The molecule has 0 atom stereocenters. The highest BCUT2D eigenvalue weighted by Gasteiger charge is 2.05. The van der Waals surface area contributed by atoms with Crippen LogP contribution in [0.1, 0.15) is 25.3 Å². The van der Waals surface area contributed by atoms with E-state index in [0.717, 1.165) is 37.5 Å². The van der Waals surface area contributed by atoms with Gasteiger partial charge in [0.25, 0.3) is 0 Å². The van der Waals surface area contributed by atoms with E-state index in [4.69, 9.17) is 0 Å². The molecule has 0 aliphatic rings. The predicted molar refractivity (Wildman–Crippen MR) is 80.1 cm³/mol. The quantitative estimate of drug-likeness (QED) is 0.353. The first-order valence-corrected chi connectivity index (χ1v) is 6.75. The van der Waals surface area contributed by atoms with E-state index in [2.05, 4.69) is 40.9 Å². The van der Waals surface area contributed by atoms with Crippen molar-refractivity contribution in [3.8, 4) is 0 Å². The van der Waals surface area contributed by atoms with Crippen LogP contribution >= 0.6 is 0 Å². The number of allylic oxidation sites excluding steroid dienone is 1. The highest BCUT2D eigenvalue weighted by Crippen LogP contribution is 2.00. The molecule has 0 saturated carbocycles. The lowest BCUT2D eigenvalue weighted by Crippen LogP contribution is -2.39. The molecule has 19 heavy (non-hydrogen) atoms. The highest BCUT2D eigenvalue weighted by atomic mass is 15.3. The van der Waals surface area contributed by atoms with Gasteiger partial charge in [-0.2, -0.15) is 5.10 Å². The number of hydrogen-bond acceptors (Lipinski definition) is 2. The number of rotatable bonds is 7. The zero-order valence-corrected chi connectivity index (χ0v) is 12.3. The first-order chi connectivity index (χ1) is 9.17. The molecule has 0 saturated heterocycles. The van der Waals surface area contributed by atoms with Crippen LogP contribution in [0.4, 0.5) is 0 Å². The van der Waals surface area contributed by atoms with Gasteiger partial charge in [0.2, 0.25) is 0 Å². The molecule has 1 heterocycles. The lowest BCUT2D eigenvalue weighted by molar-refractivity contribution is 0.470. The Morgan fingerprint density at radius 3 is 3.00 bits per heavy atom. The smallest absolute Gasteiger partial charge is 0.193 e. The summed E-state index contributed by atoms with van der Waals surface area (Å²) in [6, 6.07) is 0. The molecule has 1 aromatic rings. The monoisotopic (exact) mass is 263 g/mol. The van der Waals surface area contributed by atoms with Crippen LogP contribution in [0.3, 0.4) is 0 Å². The van der Waals surface area contributed by atoms with Crippen LogP contribution in [0.2, 0.25) is 0 Å². The molecule has 1 N–H and O–H groups in total. The second kappa shape index (κ2) is 8.34. The standard InChI is InChI=1S/C14H25N5/c1-5-7-8-9-18(3)14(15-6-2)16-10-13-11-17-19(4)12-13/h5,11-12H,1,6-10H2,2-4H3,(H,15,16). The summed E-state index contributed by atoms with van der Waals surface area (Å²) >= 11 is 0. The molecule has 0 radical (unpaired) electrons. The maximum Gasteiger partial charge on any atom is 0.193 e. The molecule has 0 aromatic carbocycles. The maximum atomic E-state index is 4.63. The maximum absolute atomic E-state index is 4.63. The van der Waals surface area contributed by atoms with Crippen molar-refractivity contribution in [2.24, 2.45) is 12.0 Å². The van der Waals surface area contributed by atoms with E-state index in [0.29, 0.717) is 6.54 Å². The van der Waals surface area contributed by atoms with Crippen LogP contribution in [0.5, 0.6) is 0 Å². The highest BCUT2D eigenvalue weighted by molar-refractivity contribution is 5.79. The predicted octanol–water partition coefficient (Wildman–Crippen LogP) is 1.78. The molecule has 0 bridgehead atoms. The Hall–Kier alpha value is -1.78. The fraction of sp³-hybridized carbons (Fsp3) is 0.571. The van der Waals surface area contributed by atoms with Crippen molar-refractivity contribution >= 4 is 5.96 Å². The molecule has 0 spiro atoms. The molecule has 1 rings (SSSR count). The molecule has 106 valence electrons. The van der Waals surface area contributed by atoms with Crippen LogP contribution in [-0.2, 0) is 13.6 Å². The largest absolute Gasteiger partial charge is 0.357 e. The first kappa shape index (κ1) is 15.3. The van der Waals surface area contributed by atoms with Gasteiger partial charge in [0.15, 0.2) is 5.96 Å². The number of unbranched alkanes of at least 4 members (excludes halogenated alkanes) is 1. The van der Waals surface area contributed by atoms with Crippen molar-refractivity contribution in [3.63, 3.8) is 0 Å². The third kappa shape index (κ3) is 5.59. The van der Waals surface area contributed by atoms with Gasteiger partial charge >= 0.3 is 0 Å². The minimum absolute atomic E-state index is 0.655. The third-order valence-corrected chi connectivity index (χ3v) is 2.77. The summed E-state index contributed by atoms with van der Waals surface area (Å²) in [4.78, 5) is 6.78. The summed E-state index contributed by atoms with van der Waals surface area (Å²) in [5.41, 5.74) is 1.12. The number of aromatic nitrogens is 2. The van der Waals surface area contributed by atoms with Crippen molar-refractivity contribution < 1.29 is 0 Å². The summed E-state index contributed by atoms with van der Waals surface area (Å²) in [7, 11) is 3.98. The number of hydrogen-bond donors (Lipinski definition) is 1. The lowest BCUT2D eigenvalue weighted by atomic mass is 10.3. The van der Waals surface area contributed by atoms with Crippen LogP contribution in [-0.4, -0.2) is 40.8 Å². The molecule has 0 unspecified atom stereocenters. The van der Waals surface area contributed by atoms with Gasteiger partial charge in [-0.3, -0.25) is 4.68 Å². The van der Waals surface area contributed by atoms with Gasteiger partial charge in [0.05, 0.1) is 12.7 Å². The summed E-state index contributed by atoms with van der Waals surface area (Å²) < 4.78 is 1.80. The zero-order valence-electron chi connectivity index (χ0n) is 12.3. The second-order valence-electron chi connectivity index (χ2n) is 4.54. The first-order valence-electron chi connectivity index (χ1n) is 6.75. The fourth-order valence-corrected chi connectivity index (χ4v) is 1.77. The van der Waals surface area contributed by atoms with Crippen molar-refractivity contribution in [1.82, 2.24) is 20.0 Å². The molecule has 0 aliphatic heterocycles. The van der Waals surface area contributed by atoms with Gasteiger partial charge in [-0.05, 0) is 19.8 Å². The van der Waals surface area contributed by atoms with Crippen LogP contribution in [0.15, 0.2) is 30.0 Å². The topological polar surface area (TPSA) is 45.5 Å². The van der Waals surface area contributed by atoms with Crippen molar-refractivity contribution in [3.05, 3.63) is 30.6 Å². The number of aryl methyl sites for hydroxylation is 1. The molecular weight excluding hydrogens is 238 g/mol. The average Bonchev–Trinajstić information content (AvgIpc) is 2.80. The Morgan fingerprint density at radius 1 is 1.63 bits per heavy atom. The van der Waals surface area contributed by atoms with E-state index in [1.54, 1.807) is 4.68 Å². The van der Waals surface area contributed by atoms with Gasteiger partial charge in [0.1, 0.15) is 0 Å². The Kier molecular flexibility index (Phi) is 6.71. The summed E-state index contributed by atoms with van der Waals surface area (Å²) in [6.07, 6.45) is 7.92. The van der Waals surface area contributed by atoms with Gasteiger partial charge in [-0.1, -0.05) is 6.08 Å². The zero-order chi connectivity index (χ0) is 14.1. The number of aliphatic imine (C=N–C) groups is 1. The van der Waals surface area contributed by atoms with E-state index in [1.165, 1.54) is 0 Å². The van der Waals surface area contributed by atoms with Crippen LogP contribution < -0.4 is 5.32 Å². The number of nitrogens with zero attached hydrogens (tertiary/aromatic N) is 4. The van der Waals surface area contributed by atoms with Crippen LogP contribution in [0.25, 0.3) is 0 Å². The molecule has 5 heteroatoms. The molecular formula is C14H25N5. The van der Waals surface area contributed by atoms with Gasteiger partial charge in [0, 0.05) is 38.9 Å². The molecule has 0 fully saturated rings. The number of guanidine groups is 1. The summed E-state index contributed by atoms with van der Waals surface area (Å²) in [5.74, 6) is 0.940. The third-order valence-electron chi connectivity index (χ3n) is 2.77. The van der Waals surface area contributed by atoms with Crippen molar-refractivity contribution in [2.45, 2.75) is 26.3 Å². The minimum atomic E-state index is 0.655. The minimum Gasteiger partial charge on any atom is -0.357 e. The van der Waals surface area contributed by atoms with Gasteiger partial charge in [-0.25, -0.2) is 4.99 Å². The van der Waals surface area contributed by atoms with Crippen molar-refractivity contribution in [1.29, 1.82) is 0 Å². The number of nitrogens with one attached hydrogen (secondary N) is 1.